The number of rotatable bonds is 4. The van der Waals surface area contributed by atoms with Crippen LogP contribution in [0.15, 0.2) is 54.6 Å². The zero-order valence-electron chi connectivity index (χ0n) is 15.5. The first-order valence-electron chi connectivity index (χ1n) is 9.50. The lowest BCUT2D eigenvalue weighted by atomic mass is 9.63. The first kappa shape index (κ1) is 18.4. The quantitative estimate of drug-likeness (QED) is 0.800. The molecule has 1 atom stereocenters. The van der Waals surface area contributed by atoms with Crippen LogP contribution in [-0.2, 0) is 10.0 Å². The lowest BCUT2D eigenvalue weighted by Crippen LogP contribution is -2.62. The predicted molar refractivity (Wildman–Crippen MR) is 106 cm³/mol. The summed E-state index contributed by atoms with van der Waals surface area (Å²) in [6.07, 6.45) is 1.66. The number of piperidine rings is 1. The Hall–Kier alpha value is -1.92. The van der Waals surface area contributed by atoms with E-state index >= 15 is 0 Å². The van der Waals surface area contributed by atoms with Gasteiger partial charge in [0.2, 0.25) is 10.0 Å². The third kappa shape index (κ3) is 3.25. The van der Waals surface area contributed by atoms with E-state index < -0.39 is 10.0 Å². The highest BCUT2D eigenvalue weighted by Crippen LogP contribution is 2.56. The maximum Gasteiger partial charge on any atom is 0.213 e. The topological polar surface area (TPSA) is 40.6 Å². The van der Waals surface area contributed by atoms with Crippen LogP contribution in [0, 0.1) is 11.2 Å². The van der Waals surface area contributed by atoms with Gasteiger partial charge in [0.25, 0.3) is 0 Å². The Kier molecular flexibility index (Phi) is 4.72. The lowest BCUT2D eigenvalue weighted by Gasteiger charge is -2.61. The molecule has 0 radical (unpaired) electrons. The second kappa shape index (κ2) is 6.91. The van der Waals surface area contributed by atoms with E-state index in [1.165, 1.54) is 11.6 Å². The average molecular weight is 389 g/mol. The number of halogens is 1. The molecule has 6 heteroatoms. The van der Waals surface area contributed by atoms with Crippen molar-refractivity contribution in [2.24, 2.45) is 5.41 Å². The Balaban J connectivity index is 1.62. The van der Waals surface area contributed by atoms with Crippen molar-refractivity contribution in [3.05, 3.63) is 66.0 Å². The normalized spacial score (nSPS) is 22.6. The summed E-state index contributed by atoms with van der Waals surface area (Å²) in [5.74, 6) is -0.0820. The summed E-state index contributed by atoms with van der Waals surface area (Å²) in [5, 5.41) is 0. The summed E-state index contributed by atoms with van der Waals surface area (Å²) in [7, 11) is -3.14. The van der Waals surface area contributed by atoms with Crippen LogP contribution in [0.5, 0.6) is 0 Å². The number of sulfonamides is 1. The number of benzene rings is 2. The van der Waals surface area contributed by atoms with E-state index in [1.807, 2.05) is 24.3 Å². The Morgan fingerprint density at radius 3 is 2.41 bits per heavy atom. The molecule has 1 spiro atoms. The van der Waals surface area contributed by atoms with Gasteiger partial charge < -0.3 is 4.90 Å². The zero-order valence-corrected chi connectivity index (χ0v) is 16.3. The highest BCUT2D eigenvalue weighted by molar-refractivity contribution is 7.89. The molecule has 0 aromatic heterocycles. The van der Waals surface area contributed by atoms with E-state index in [2.05, 4.69) is 17.0 Å². The number of anilines is 1. The van der Waals surface area contributed by atoms with Gasteiger partial charge in [-0.3, -0.25) is 0 Å². The molecule has 2 aromatic rings. The molecule has 4 nitrogen and oxygen atoms in total. The molecule has 0 N–H and O–H groups in total. The van der Waals surface area contributed by atoms with E-state index in [0.29, 0.717) is 13.1 Å². The molecule has 0 bridgehead atoms. The summed E-state index contributed by atoms with van der Waals surface area (Å²) < 4.78 is 39.8. The molecular formula is C21H25FN2O2S. The maximum absolute atomic E-state index is 13.8. The first-order valence-corrected chi connectivity index (χ1v) is 11.1. The minimum atomic E-state index is -3.14. The van der Waals surface area contributed by atoms with E-state index in [9.17, 15) is 12.8 Å². The molecule has 2 fully saturated rings. The molecule has 0 saturated carbocycles. The van der Waals surface area contributed by atoms with Gasteiger partial charge >= 0.3 is 0 Å². The molecule has 2 saturated heterocycles. The summed E-state index contributed by atoms with van der Waals surface area (Å²) >= 11 is 0. The third-order valence-electron chi connectivity index (χ3n) is 6.11. The second-order valence-corrected chi connectivity index (χ2v) is 9.84. The highest BCUT2D eigenvalue weighted by Gasteiger charge is 2.54. The van der Waals surface area contributed by atoms with Gasteiger partial charge in [0, 0.05) is 30.7 Å². The van der Waals surface area contributed by atoms with Crippen LogP contribution in [0.1, 0.15) is 31.4 Å². The Morgan fingerprint density at radius 1 is 1.07 bits per heavy atom. The number of nitrogens with zero attached hydrogens (tertiary/aromatic N) is 2. The van der Waals surface area contributed by atoms with Crippen molar-refractivity contribution in [3.63, 3.8) is 0 Å². The summed E-state index contributed by atoms with van der Waals surface area (Å²) in [6.45, 7) is 3.66. The highest BCUT2D eigenvalue weighted by atomic mass is 32.2. The minimum absolute atomic E-state index is 0.0352. The van der Waals surface area contributed by atoms with Crippen LogP contribution >= 0.6 is 0 Å². The summed E-state index contributed by atoms with van der Waals surface area (Å²) in [4.78, 5) is 2.25. The zero-order chi connectivity index (χ0) is 19.1. The number of hydrogen-bond donors (Lipinski definition) is 0. The molecule has 0 amide bonds. The SMILES string of the molecule is CCS(=O)(=O)N1CCC2(CC1)CN(c1cccc(F)c1)C2c1ccccc1. The van der Waals surface area contributed by atoms with Crippen LogP contribution in [-0.4, -0.2) is 38.1 Å². The van der Waals surface area contributed by atoms with Gasteiger partial charge in [-0.15, -0.1) is 0 Å². The van der Waals surface area contributed by atoms with Gasteiger partial charge in [0.15, 0.2) is 0 Å². The Morgan fingerprint density at radius 2 is 1.78 bits per heavy atom. The standard InChI is InChI=1S/C21H25FN2O2S/c1-2-27(25,26)23-13-11-21(12-14-23)16-24(19-10-6-9-18(22)15-19)20(21)17-7-4-3-5-8-17/h3-10,15,20H,2,11-14,16H2,1H3. The molecule has 1 unspecified atom stereocenters. The van der Waals surface area contributed by atoms with Gasteiger partial charge in [-0.2, -0.15) is 0 Å². The molecule has 0 aliphatic carbocycles. The lowest BCUT2D eigenvalue weighted by molar-refractivity contribution is 0.0574. The summed E-state index contributed by atoms with van der Waals surface area (Å²) in [5.41, 5.74) is 2.13. The number of hydrogen-bond acceptors (Lipinski definition) is 3. The molecule has 27 heavy (non-hydrogen) atoms. The van der Waals surface area contributed by atoms with E-state index in [1.54, 1.807) is 23.4 Å². The first-order chi connectivity index (χ1) is 13.0. The molecule has 144 valence electrons. The van der Waals surface area contributed by atoms with Gasteiger partial charge in [0.05, 0.1) is 11.8 Å². The van der Waals surface area contributed by atoms with Crippen molar-refractivity contribution >= 4 is 15.7 Å². The van der Waals surface area contributed by atoms with E-state index in [0.717, 1.165) is 25.1 Å². The molecular weight excluding hydrogens is 363 g/mol. The van der Waals surface area contributed by atoms with Crippen LogP contribution in [0.3, 0.4) is 0 Å². The molecule has 2 aromatic carbocycles. The maximum atomic E-state index is 13.8. The monoisotopic (exact) mass is 388 g/mol. The second-order valence-electron chi connectivity index (χ2n) is 7.58. The average Bonchev–Trinajstić information content (AvgIpc) is 2.67. The largest absolute Gasteiger partial charge is 0.363 e. The van der Waals surface area contributed by atoms with Crippen molar-refractivity contribution in [1.29, 1.82) is 0 Å². The van der Waals surface area contributed by atoms with Crippen molar-refractivity contribution in [2.45, 2.75) is 25.8 Å². The smallest absolute Gasteiger partial charge is 0.213 e. The Labute approximate surface area is 160 Å². The van der Waals surface area contributed by atoms with Gasteiger partial charge in [-0.1, -0.05) is 36.4 Å². The minimum Gasteiger partial charge on any atom is -0.363 e. The van der Waals surface area contributed by atoms with Crippen LogP contribution in [0.25, 0.3) is 0 Å². The van der Waals surface area contributed by atoms with Crippen LogP contribution in [0.4, 0.5) is 10.1 Å². The third-order valence-corrected chi connectivity index (χ3v) is 7.99. The van der Waals surface area contributed by atoms with Crippen molar-refractivity contribution in [1.82, 2.24) is 4.31 Å². The molecule has 2 aliphatic heterocycles. The predicted octanol–water partition coefficient (Wildman–Crippen LogP) is 3.82. The van der Waals surface area contributed by atoms with Gasteiger partial charge in [0.1, 0.15) is 5.82 Å². The summed E-state index contributed by atoms with van der Waals surface area (Å²) in [6, 6.07) is 17.2. The van der Waals surface area contributed by atoms with E-state index in [4.69, 9.17) is 0 Å². The van der Waals surface area contributed by atoms with Gasteiger partial charge in [-0.05, 0) is 43.5 Å². The van der Waals surface area contributed by atoms with Gasteiger partial charge in [-0.25, -0.2) is 17.1 Å². The Bertz CT molecular complexity index is 909. The molecule has 2 heterocycles. The fourth-order valence-electron chi connectivity index (χ4n) is 4.62. The molecule has 2 aliphatic rings. The van der Waals surface area contributed by atoms with Crippen molar-refractivity contribution in [3.8, 4) is 0 Å². The van der Waals surface area contributed by atoms with Crippen LogP contribution < -0.4 is 4.90 Å². The molecule has 4 rings (SSSR count). The fourth-order valence-corrected chi connectivity index (χ4v) is 5.73. The van der Waals surface area contributed by atoms with Crippen molar-refractivity contribution < 1.29 is 12.8 Å². The van der Waals surface area contributed by atoms with Crippen LogP contribution in [0.2, 0.25) is 0 Å². The van der Waals surface area contributed by atoms with Crippen molar-refractivity contribution in [2.75, 3.05) is 30.3 Å². The van der Waals surface area contributed by atoms with E-state index in [-0.39, 0.29) is 23.0 Å². The fraction of sp³-hybridized carbons (Fsp3) is 0.429.